The summed E-state index contributed by atoms with van der Waals surface area (Å²) in [5.41, 5.74) is 3.23. The minimum Gasteiger partial charge on any atom is -0.241 e. The molecule has 1 heterocycles. The maximum Gasteiger partial charge on any atom is 0.211 e. The topological polar surface area (TPSA) is 59.1 Å². The summed E-state index contributed by atoms with van der Waals surface area (Å²) >= 11 is 1.59. The van der Waals surface area contributed by atoms with Crippen molar-refractivity contribution in [3.8, 4) is 10.6 Å². The standard InChI is InChI=1S/C14H18N2O2S2/c1-3-20(17,18)15-8-7-13-10-19-14(16-13)12-6-4-5-11(2)9-12/h4-6,9-10,15H,3,7-8H2,1-2H3. The van der Waals surface area contributed by atoms with Gasteiger partial charge in [-0.05, 0) is 19.9 Å². The van der Waals surface area contributed by atoms with Crippen LogP contribution in [0.25, 0.3) is 10.6 Å². The summed E-state index contributed by atoms with van der Waals surface area (Å²) in [6.07, 6.45) is 0.613. The Labute approximate surface area is 123 Å². The Hall–Kier alpha value is -1.24. The zero-order valence-electron chi connectivity index (χ0n) is 11.6. The first kappa shape index (κ1) is 15.2. The van der Waals surface area contributed by atoms with Crippen molar-refractivity contribution in [3.63, 3.8) is 0 Å². The predicted molar refractivity (Wildman–Crippen MR) is 83.5 cm³/mol. The molecule has 1 N–H and O–H groups in total. The highest BCUT2D eigenvalue weighted by molar-refractivity contribution is 7.89. The Balaban J connectivity index is 1.99. The van der Waals surface area contributed by atoms with Gasteiger partial charge in [-0.25, -0.2) is 18.1 Å². The molecule has 20 heavy (non-hydrogen) atoms. The highest BCUT2D eigenvalue weighted by Crippen LogP contribution is 2.24. The third-order valence-electron chi connectivity index (χ3n) is 2.90. The molecule has 0 aliphatic heterocycles. The third-order valence-corrected chi connectivity index (χ3v) is 5.24. The molecule has 108 valence electrons. The predicted octanol–water partition coefficient (Wildman–Crippen LogP) is 2.60. The van der Waals surface area contributed by atoms with Crippen LogP contribution < -0.4 is 4.72 Å². The van der Waals surface area contributed by atoms with E-state index in [1.807, 2.05) is 17.5 Å². The van der Waals surface area contributed by atoms with Crippen LogP contribution in [0.5, 0.6) is 0 Å². The average molecular weight is 310 g/mol. The van der Waals surface area contributed by atoms with E-state index < -0.39 is 10.0 Å². The number of hydrogen-bond donors (Lipinski definition) is 1. The highest BCUT2D eigenvalue weighted by Gasteiger charge is 2.08. The Kier molecular flexibility index (Phi) is 4.91. The van der Waals surface area contributed by atoms with E-state index in [0.717, 1.165) is 16.3 Å². The minimum atomic E-state index is -3.11. The summed E-state index contributed by atoms with van der Waals surface area (Å²) in [5, 5.41) is 2.96. The number of sulfonamides is 1. The second-order valence-corrected chi connectivity index (χ2v) is 7.51. The van der Waals surface area contributed by atoms with Gasteiger partial charge < -0.3 is 0 Å². The van der Waals surface area contributed by atoms with Crippen LogP contribution in [0.4, 0.5) is 0 Å². The fraction of sp³-hybridized carbons (Fsp3) is 0.357. The molecule has 0 amide bonds. The number of aryl methyl sites for hydroxylation is 1. The molecule has 0 aliphatic rings. The Morgan fingerprint density at radius 2 is 2.15 bits per heavy atom. The molecule has 1 aromatic heterocycles. The number of nitrogens with one attached hydrogen (secondary N) is 1. The number of aromatic nitrogens is 1. The van der Waals surface area contributed by atoms with Crippen LogP contribution in [-0.2, 0) is 16.4 Å². The quantitative estimate of drug-likeness (QED) is 0.892. The van der Waals surface area contributed by atoms with Gasteiger partial charge in [0.25, 0.3) is 0 Å². The van der Waals surface area contributed by atoms with Gasteiger partial charge in [-0.1, -0.05) is 23.8 Å². The lowest BCUT2D eigenvalue weighted by atomic mass is 10.1. The Morgan fingerprint density at radius 1 is 1.35 bits per heavy atom. The van der Waals surface area contributed by atoms with E-state index in [9.17, 15) is 8.42 Å². The average Bonchev–Trinajstić information content (AvgIpc) is 2.87. The van der Waals surface area contributed by atoms with Crippen molar-refractivity contribution in [1.29, 1.82) is 0 Å². The maximum absolute atomic E-state index is 11.3. The van der Waals surface area contributed by atoms with Crippen LogP contribution in [0.15, 0.2) is 29.6 Å². The Morgan fingerprint density at radius 3 is 2.85 bits per heavy atom. The molecule has 2 aromatic rings. The molecule has 1 aromatic carbocycles. The van der Waals surface area contributed by atoms with Crippen LogP contribution >= 0.6 is 11.3 Å². The van der Waals surface area contributed by atoms with E-state index in [2.05, 4.69) is 28.8 Å². The normalized spacial score (nSPS) is 11.7. The molecule has 6 heteroatoms. The summed E-state index contributed by atoms with van der Waals surface area (Å²) in [6, 6.07) is 8.20. The molecule has 0 atom stereocenters. The monoisotopic (exact) mass is 310 g/mol. The first-order chi connectivity index (χ1) is 9.50. The van der Waals surface area contributed by atoms with Crippen LogP contribution in [0.2, 0.25) is 0 Å². The van der Waals surface area contributed by atoms with Crippen molar-refractivity contribution in [2.75, 3.05) is 12.3 Å². The molecule has 0 fully saturated rings. The molecular weight excluding hydrogens is 292 g/mol. The van der Waals surface area contributed by atoms with Crippen LogP contribution in [-0.4, -0.2) is 25.7 Å². The minimum absolute atomic E-state index is 0.110. The van der Waals surface area contributed by atoms with Gasteiger partial charge in [0.05, 0.1) is 11.4 Å². The Bertz CT molecular complexity index is 678. The lowest BCUT2D eigenvalue weighted by molar-refractivity contribution is 0.582. The number of hydrogen-bond acceptors (Lipinski definition) is 4. The summed E-state index contributed by atoms with van der Waals surface area (Å²) in [5.74, 6) is 0.110. The first-order valence-electron chi connectivity index (χ1n) is 6.49. The van der Waals surface area contributed by atoms with Gasteiger partial charge in [0.15, 0.2) is 0 Å². The highest BCUT2D eigenvalue weighted by atomic mass is 32.2. The van der Waals surface area contributed by atoms with Crippen LogP contribution in [0.3, 0.4) is 0 Å². The second kappa shape index (κ2) is 6.47. The van der Waals surface area contributed by atoms with Crippen LogP contribution in [0, 0.1) is 6.92 Å². The van der Waals surface area contributed by atoms with Crippen molar-refractivity contribution >= 4 is 21.4 Å². The SMILES string of the molecule is CCS(=O)(=O)NCCc1csc(-c2cccc(C)c2)n1. The van der Waals surface area contributed by atoms with Crippen molar-refractivity contribution < 1.29 is 8.42 Å². The van der Waals surface area contributed by atoms with E-state index >= 15 is 0 Å². The molecule has 0 spiro atoms. The summed E-state index contributed by atoms with van der Waals surface area (Å²) in [6.45, 7) is 4.08. The molecule has 0 radical (unpaired) electrons. The van der Waals surface area contributed by atoms with Gasteiger partial charge in [-0.2, -0.15) is 0 Å². The molecule has 0 bridgehead atoms. The van der Waals surface area contributed by atoms with E-state index in [-0.39, 0.29) is 5.75 Å². The number of thiazole rings is 1. The fourth-order valence-corrected chi connectivity index (χ4v) is 3.24. The fourth-order valence-electron chi connectivity index (χ4n) is 1.77. The van der Waals surface area contributed by atoms with E-state index in [1.165, 1.54) is 5.56 Å². The van der Waals surface area contributed by atoms with Crippen molar-refractivity contribution in [3.05, 3.63) is 40.9 Å². The van der Waals surface area contributed by atoms with Crippen molar-refractivity contribution in [1.82, 2.24) is 9.71 Å². The van der Waals surface area contributed by atoms with Crippen molar-refractivity contribution in [2.45, 2.75) is 20.3 Å². The van der Waals surface area contributed by atoms with E-state index in [1.54, 1.807) is 18.3 Å². The van der Waals surface area contributed by atoms with Crippen LogP contribution in [0.1, 0.15) is 18.2 Å². The molecular formula is C14H18N2O2S2. The number of benzene rings is 1. The molecule has 0 aliphatic carbocycles. The molecule has 0 unspecified atom stereocenters. The maximum atomic E-state index is 11.3. The summed E-state index contributed by atoms with van der Waals surface area (Å²) in [4.78, 5) is 4.55. The zero-order valence-corrected chi connectivity index (χ0v) is 13.2. The summed E-state index contributed by atoms with van der Waals surface area (Å²) in [7, 11) is -3.11. The number of rotatable bonds is 6. The largest absolute Gasteiger partial charge is 0.241 e. The van der Waals surface area contributed by atoms with Gasteiger partial charge in [-0.3, -0.25) is 0 Å². The van der Waals surface area contributed by atoms with E-state index in [0.29, 0.717) is 13.0 Å². The van der Waals surface area contributed by atoms with Gasteiger partial charge in [0, 0.05) is 23.9 Å². The molecule has 0 saturated carbocycles. The number of nitrogens with zero attached hydrogens (tertiary/aromatic N) is 1. The van der Waals surface area contributed by atoms with Gasteiger partial charge >= 0.3 is 0 Å². The van der Waals surface area contributed by atoms with Gasteiger partial charge in [0.1, 0.15) is 5.01 Å². The van der Waals surface area contributed by atoms with Crippen molar-refractivity contribution in [2.24, 2.45) is 0 Å². The van der Waals surface area contributed by atoms with Gasteiger partial charge in [0.2, 0.25) is 10.0 Å². The first-order valence-corrected chi connectivity index (χ1v) is 9.02. The van der Waals surface area contributed by atoms with Gasteiger partial charge in [-0.15, -0.1) is 11.3 Å². The lowest BCUT2D eigenvalue weighted by Gasteiger charge is -2.02. The third kappa shape index (κ3) is 4.13. The lowest BCUT2D eigenvalue weighted by Crippen LogP contribution is -2.27. The molecule has 2 rings (SSSR count). The molecule has 4 nitrogen and oxygen atoms in total. The summed E-state index contributed by atoms with van der Waals surface area (Å²) < 4.78 is 25.2. The zero-order chi connectivity index (χ0) is 14.6. The second-order valence-electron chi connectivity index (χ2n) is 4.56. The van der Waals surface area contributed by atoms with E-state index in [4.69, 9.17) is 0 Å². The molecule has 0 saturated heterocycles. The smallest absolute Gasteiger partial charge is 0.211 e.